The summed E-state index contributed by atoms with van der Waals surface area (Å²) in [6, 6.07) is 0. The molecule has 308 valence electrons. The van der Waals surface area contributed by atoms with Crippen molar-refractivity contribution < 1.29 is 42.1 Å². The Kier molecular flexibility index (Phi) is 15.6. The number of methoxy groups -OCH3 is 2. The normalized spacial score (nSPS) is 31.3. The Labute approximate surface area is 322 Å². The molecular formula is C40H82O9Si3. The molecule has 2 rings (SSSR count). The third kappa shape index (κ3) is 10.9. The molecule has 9 nitrogen and oxygen atoms in total. The third-order valence-corrected chi connectivity index (χ3v) is 26.6. The van der Waals surface area contributed by atoms with Crippen LogP contribution in [0, 0.1) is 11.8 Å². The maximum absolute atomic E-state index is 11.8. The van der Waals surface area contributed by atoms with Crippen molar-refractivity contribution in [3.63, 3.8) is 0 Å². The van der Waals surface area contributed by atoms with E-state index in [0.717, 1.165) is 0 Å². The standard InChI is InChI=1S/C40H82O9Si3/c1-23-31(48-51(19,20)37(7,8)9)30(41)25-33-35(46-39(13,14)44-33)40(43-16)28(3)34(49-52(21,22)38(10,11)12)27(2)32(45-40)24-29(26-42-15)47-50(17,18)36(4,5)6/h23,27-35,41H,1,24-26H2,2-22H3/t27-,28+,29+,30-,31-,32+,33-,34-,35+,40+/m0/s1. The first-order valence-electron chi connectivity index (χ1n) is 19.6. The molecule has 0 unspecified atom stereocenters. The van der Waals surface area contributed by atoms with Crippen LogP contribution >= 0.6 is 0 Å². The lowest BCUT2D eigenvalue weighted by atomic mass is 9.76. The summed E-state index contributed by atoms with van der Waals surface area (Å²) in [6.45, 7) is 46.4. The molecule has 0 radical (unpaired) electrons. The highest BCUT2D eigenvalue weighted by molar-refractivity contribution is 6.75. The fourth-order valence-electron chi connectivity index (χ4n) is 6.72. The fourth-order valence-corrected chi connectivity index (χ4v) is 10.8. The summed E-state index contributed by atoms with van der Waals surface area (Å²) in [4.78, 5) is 0. The van der Waals surface area contributed by atoms with E-state index >= 15 is 0 Å². The van der Waals surface area contributed by atoms with Crippen molar-refractivity contribution in [2.45, 2.75) is 212 Å². The highest BCUT2D eigenvalue weighted by atomic mass is 28.4. The van der Waals surface area contributed by atoms with Crippen LogP contribution in [0.25, 0.3) is 0 Å². The van der Waals surface area contributed by atoms with Gasteiger partial charge in [-0.3, -0.25) is 0 Å². The molecule has 2 heterocycles. The van der Waals surface area contributed by atoms with Crippen molar-refractivity contribution in [3.8, 4) is 0 Å². The molecule has 0 saturated carbocycles. The molecule has 0 bridgehead atoms. The minimum atomic E-state index is -2.26. The highest BCUT2D eigenvalue weighted by Crippen LogP contribution is 2.51. The van der Waals surface area contributed by atoms with Gasteiger partial charge in [0.15, 0.2) is 30.7 Å². The van der Waals surface area contributed by atoms with Crippen molar-refractivity contribution in [2.75, 3.05) is 20.8 Å². The lowest BCUT2D eigenvalue weighted by molar-refractivity contribution is -0.366. The molecule has 0 aromatic rings. The van der Waals surface area contributed by atoms with Gasteiger partial charge in [0.25, 0.3) is 0 Å². The zero-order chi connectivity index (χ0) is 40.7. The molecule has 10 atom stereocenters. The molecule has 0 amide bonds. The van der Waals surface area contributed by atoms with Crippen LogP contribution in [0.15, 0.2) is 12.7 Å². The zero-order valence-corrected chi connectivity index (χ0v) is 40.3. The predicted molar refractivity (Wildman–Crippen MR) is 220 cm³/mol. The number of hydrogen-bond acceptors (Lipinski definition) is 9. The van der Waals surface area contributed by atoms with Gasteiger partial charge in [-0.05, 0) is 68.2 Å². The van der Waals surface area contributed by atoms with Crippen LogP contribution in [0.1, 0.15) is 103 Å². The van der Waals surface area contributed by atoms with E-state index in [2.05, 4.69) is 122 Å². The molecule has 1 N–H and O–H groups in total. The molecule has 2 aliphatic heterocycles. The van der Waals surface area contributed by atoms with E-state index < -0.39 is 60.9 Å². The van der Waals surface area contributed by atoms with Gasteiger partial charge in [0, 0.05) is 38.9 Å². The Hall–Kier alpha value is 0.0306. The Morgan fingerprint density at radius 1 is 0.750 bits per heavy atom. The second kappa shape index (κ2) is 16.9. The average Bonchev–Trinajstić information content (AvgIpc) is 3.27. The lowest BCUT2D eigenvalue weighted by Crippen LogP contribution is -2.67. The number of ether oxygens (including phenoxy) is 5. The smallest absolute Gasteiger partial charge is 0.202 e. The summed E-state index contributed by atoms with van der Waals surface area (Å²) in [5, 5.41) is 11.8. The summed E-state index contributed by atoms with van der Waals surface area (Å²) in [5.74, 6) is -2.45. The van der Waals surface area contributed by atoms with Crippen LogP contribution < -0.4 is 0 Å². The quantitative estimate of drug-likeness (QED) is 0.121. The molecule has 12 heteroatoms. The van der Waals surface area contributed by atoms with Gasteiger partial charge in [-0.2, -0.15) is 0 Å². The number of aliphatic hydroxyl groups is 1. The van der Waals surface area contributed by atoms with Crippen molar-refractivity contribution >= 4 is 25.0 Å². The summed E-state index contributed by atoms with van der Waals surface area (Å²) < 4.78 is 54.2. The Morgan fingerprint density at radius 2 is 1.25 bits per heavy atom. The molecular weight excluding hydrogens is 709 g/mol. The molecule has 2 fully saturated rings. The molecule has 0 spiro atoms. The van der Waals surface area contributed by atoms with Crippen molar-refractivity contribution in [2.24, 2.45) is 11.8 Å². The molecule has 0 aromatic carbocycles. The first kappa shape index (κ1) is 48.2. The van der Waals surface area contributed by atoms with E-state index in [9.17, 15) is 5.11 Å². The first-order valence-corrected chi connectivity index (χ1v) is 28.4. The maximum atomic E-state index is 11.8. The SMILES string of the molecule is C=C[C@H](O[Si](C)(C)C(C)(C)C)[C@@H](O)C[C@@H]1OC(C)(C)O[C@H]1[C@]1(OC)O[C@H](C[C@H](COC)O[Si](C)(C)C(C)(C)C)[C@H](C)[C@H](O[Si](C)(C)C(C)(C)C)[C@H]1C. The maximum Gasteiger partial charge on any atom is 0.202 e. The molecule has 2 saturated heterocycles. The van der Waals surface area contributed by atoms with E-state index in [0.29, 0.717) is 13.0 Å². The van der Waals surface area contributed by atoms with Crippen LogP contribution in [0.4, 0.5) is 0 Å². The van der Waals surface area contributed by atoms with Gasteiger partial charge >= 0.3 is 0 Å². The zero-order valence-electron chi connectivity index (χ0n) is 37.3. The summed E-state index contributed by atoms with van der Waals surface area (Å²) in [6.07, 6.45) is -0.860. The van der Waals surface area contributed by atoms with E-state index in [4.69, 9.17) is 37.0 Å². The Morgan fingerprint density at radius 3 is 1.69 bits per heavy atom. The van der Waals surface area contributed by atoms with E-state index in [-0.39, 0.29) is 51.7 Å². The van der Waals surface area contributed by atoms with Gasteiger partial charge < -0.3 is 42.1 Å². The Balaban J connectivity index is 2.67. The first-order chi connectivity index (χ1) is 23.2. The van der Waals surface area contributed by atoms with Gasteiger partial charge in [-0.15, -0.1) is 6.58 Å². The van der Waals surface area contributed by atoms with Gasteiger partial charge in [0.05, 0.1) is 43.2 Å². The van der Waals surface area contributed by atoms with Gasteiger partial charge in [0.1, 0.15) is 6.10 Å². The topological polar surface area (TPSA) is 94.1 Å². The van der Waals surface area contributed by atoms with E-state index in [1.54, 1.807) is 20.3 Å². The highest BCUT2D eigenvalue weighted by Gasteiger charge is 2.64. The summed E-state index contributed by atoms with van der Waals surface area (Å²) in [5.41, 5.74) is 0. The summed E-state index contributed by atoms with van der Waals surface area (Å²) in [7, 11) is -3.21. The number of hydrogen-bond donors (Lipinski definition) is 1. The van der Waals surface area contributed by atoms with Crippen molar-refractivity contribution in [1.82, 2.24) is 0 Å². The molecule has 0 aliphatic carbocycles. The van der Waals surface area contributed by atoms with Crippen LogP contribution in [0.2, 0.25) is 54.4 Å². The van der Waals surface area contributed by atoms with Crippen LogP contribution in [0.5, 0.6) is 0 Å². The molecule has 2 aliphatic rings. The second-order valence-corrected chi connectivity index (χ2v) is 35.0. The van der Waals surface area contributed by atoms with Gasteiger partial charge in [-0.1, -0.05) is 82.2 Å². The largest absolute Gasteiger partial charge is 0.413 e. The molecule has 52 heavy (non-hydrogen) atoms. The molecule has 0 aromatic heterocycles. The number of aliphatic hydroxyl groups excluding tert-OH is 1. The predicted octanol–water partition coefficient (Wildman–Crippen LogP) is 9.66. The van der Waals surface area contributed by atoms with E-state index in [1.165, 1.54) is 0 Å². The van der Waals surface area contributed by atoms with Crippen molar-refractivity contribution in [3.05, 3.63) is 12.7 Å². The number of rotatable bonds is 16. The average molecular weight is 791 g/mol. The minimum Gasteiger partial charge on any atom is -0.413 e. The lowest BCUT2D eigenvalue weighted by Gasteiger charge is -2.56. The monoisotopic (exact) mass is 791 g/mol. The second-order valence-electron chi connectivity index (χ2n) is 20.7. The van der Waals surface area contributed by atoms with Gasteiger partial charge in [0.2, 0.25) is 5.79 Å². The Bertz CT molecular complexity index is 1160. The van der Waals surface area contributed by atoms with Crippen LogP contribution in [0.3, 0.4) is 0 Å². The van der Waals surface area contributed by atoms with Crippen LogP contribution in [-0.2, 0) is 37.0 Å². The van der Waals surface area contributed by atoms with Crippen molar-refractivity contribution in [1.29, 1.82) is 0 Å². The summed E-state index contributed by atoms with van der Waals surface area (Å²) >= 11 is 0. The van der Waals surface area contributed by atoms with Gasteiger partial charge in [-0.25, -0.2) is 0 Å². The minimum absolute atomic E-state index is 0.00848. The van der Waals surface area contributed by atoms with Crippen LogP contribution in [-0.4, -0.2) is 105 Å². The third-order valence-electron chi connectivity index (χ3n) is 13.1. The fraction of sp³-hybridized carbons (Fsp3) is 0.950. The van der Waals surface area contributed by atoms with E-state index in [1.807, 2.05) is 13.8 Å².